The average molecular weight is 123 g/mol. The molecule has 0 radical (unpaired) electrons. The van der Waals surface area contributed by atoms with Crippen molar-refractivity contribution in [1.82, 2.24) is 0 Å². The molecule has 0 saturated heterocycles. The second-order valence-corrected chi connectivity index (χ2v) is 0.444. The van der Waals surface area contributed by atoms with Crippen LogP contribution in [0.3, 0.4) is 0 Å². The average Bonchev–Trinajstić information content (AvgIpc) is 1.39. The quantitative estimate of drug-likeness (QED) is 0.221. The molecule has 0 aliphatic carbocycles. The van der Waals surface area contributed by atoms with Crippen LogP contribution in [0.25, 0.3) is 10.4 Å². The van der Waals surface area contributed by atoms with Crippen molar-refractivity contribution in [1.29, 1.82) is 5.53 Å². The molecule has 0 heterocycles. The van der Waals surface area contributed by atoms with Gasteiger partial charge < -0.3 is 0 Å². The summed E-state index contributed by atoms with van der Waals surface area (Å²) >= 11 is -2.00. The summed E-state index contributed by atoms with van der Waals surface area (Å²) < 4.78 is 17.0. The van der Waals surface area contributed by atoms with Gasteiger partial charge in [0.05, 0.1) is 0 Å². The summed E-state index contributed by atoms with van der Waals surface area (Å²) in [6.45, 7) is 0. The minimum atomic E-state index is -2.00. The van der Waals surface area contributed by atoms with Crippen LogP contribution in [-0.4, -0.2) is 0 Å². The molecule has 0 aromatic rings. The predicted molar refractivity (Wildman–Crippen MR) is 10.8 cm³/mol. The monoisotopic (exact) mass is 123 g/mol. The van der Waals surface area contributed by atoms with E-state index in [0.717, 1.165) is 0 Å². The Labute approximate surface area is 42.3 Å². The van der Waals surface area contributed by atoms with E-state index in [0.29, 0.717) is 0 Å². The van der Waals surface area contributed by atoms with Gasteiger partial charge in [-0.2, -0.15) is 0 Å². The van der Waals surface area contributed by atoms with Gasteiger partial charge in [-0.1, -0.05) is 0 Å². The summed E-state index contributed by atoms with van der Waals surface area (Å²) in [6.07, 6.45) is 0. The molecule has 32 valence electrons. The molecule has 0 fully saturated rings. The maximum atomic E-state index is 8.50. The van der Waals surface area contributed by atoms with Crippen molar-refractivity contribution in [2.24, 2.45) is 0 Å². The van der Waals surface area contributed by atoms with Gasteiger partial charge in [0.15, 0.2) is 0 Å². The van der Waals surface area contributed by atoms with Crippen LogP contribution in [0.4, 0.5) is 0 Å². The summed E-state index contributed by atoms with van der Waals surface area (Å²) in [4.78, 5) is 1.75. The fourth-order valence-electron chi connectivity index (χ4n) is 0. The van der Waals surface area contributed by atoms with Crippen LogP contribution in [0.5, 0.6) is 0 Å². The molecule has 6 heteroatoms. The number of nitrogens with one attached hydrogen (secondary N) is 1. The Balaban J connectivity index is 0. The Bertz CT molecular complexity index is 62.8. The molecule has 6 heavy (non-hydrogen) atoms. The Hall–Kier alpha value is -0.376. The molecule has 0 atom stereocenters. The molecule has 0 rings (SSSR count). The molecule has 0 amide bonds. The van der Waals surface area contributed by atoms with E-state index in [1.807, 2.05) is 0 Å². The number of hydrogen-bond donors (Lipinski definition) is 1. The molecule has 0 spiro atoms. The van der Waals surface area contributed by atoms with Crippen molar-refractivity contribution in [2.45, 2.75) is 0 Å². The van der Waals surface area contributed by atoms with Gasteiger partial charge in [0.1, 0.15) is 0 Å². The topological polar surface area (TPSA) is 94.4 Å². The number of rotatable bonds is 0. The zero-order valence-corrected chi connectivity index (χ0v) is 4.27. The second kappa shape index (κ2) is 23.0. The Morgan fingerprint density at radius 2 is 1.67 bits per heavy atom. The van der Waals surface area contributed by atoms with Gasteiger partial charge in [-0.05, 0) is 10.4 Å². The van der Waals surface area contributed by atoms with Crippen molar-refractivity contribution in [3.8, 4) is 0 Å². The van der Waals surface area contributed by atoms with Gasteiger partial charge in [0.2, 0.25) is 0 Å². The van der Waals surface area contributed by atoms with E-state index in [2.05, 4.69) is 0 Å². The molecular formula is HN3O2Ti. The van der Waals surface area contributed by atoms with E-state index >= 15 is 0 Å². The van der Waals surface area contributed by atoms with Gasteiger partial charge >= 0.3 is 25.7 Å². The molecule has 0 saturated carbocycles. The van der Waals surface area contributed by atoms with Gasteiger partial charge in [0, 0.05) is 0 Å². The van der Waals surface area contributed by atoms with E-state index in [9.17, 15) is 0 Å². The maximum absolute atomic E-state index is 8.50. The number of nitrogens with zero attached hydrogens (tertiary/aromatic N) is 2. The molecular weight excluding hydrogens is 122 g/mol. The van der Waals surface area contributed by atoms with E-state index in [1.54, 1.807) is 4.91 Å². The first-order valence-corrected chi connectivity index (χ1v) is 2.11. The van der Waals surface area contributed by atoms with E-state index in [1.165, 1.54) is 0 Å². The van der Waals surface area contributed by atoms with Crippen LogP contribution < -0.4 is 0 Å². The zero-order chi connectivity index (χ0) is 5.41. The molecule has 0 bridgehead atoms. The van der Waals surface area contributed by atoms with Crippen LogP contribution in [0.15, 0.2) is 0 Å². The SMILES string of the molecule is [N-]=[N+]=N.[O]=[Ti]=[O]. The normalized spacial score (nSPS) is 2.67. The summed E-state index contributed by atoms with van der Waals surface area (Å²) in [7, 11) is 0. The minimum absolute atomic E-state index is 1.75. The molecule has 0 aliphatic rings. The second-order valence-electron chi connectivity index (χ2n) is 0.183. The van der Waals surface area contributed by atoms with Crippen molar-refractivity contribution in [2.75, 3.05) is 0 Å². The Morgan fingerprint density at radius 3 is 1.67 bits per heavy atom. The third-order valence-corrected chi connectivity index (χ3v) is 0. The standard InChI is InChI=1S/HN3.2O.Ti/c1-3-2;;;/h1H;;;. The van der Waals surface area contributed by atoms with Crippen LogP contribution in [0.1, 0.15) is 0 Å². The third kappa shape index (κ3) is 177. The van der Waals surface area contributed by atoms with Crippen LogP contribution in [0.2, 0.25) is 0 Å². The Kier molecular flexibility index (Phi) is 35.1. The van der Waals surface area contributed by atoms with Gasteiger partial charge in [-0.15, -0.1) is 5.53 Å². The van der Waals surface area contributed by atoms with Crippen molar-refractivity contribution in [3.05, 3.63) is 10.4 Å². The molecule has 0 aromatic carbocycles. The molecule has 5 nitrogen and oxygen atoms in total. The first-order valence-electron chi connectivity index (χ1n) is 0.832. The van der Waals surface area contributed by atoms with Crippen LogP contribution in [-0.2, 0) is 25.7 Å². The summed E-state index contributed by atoms with van der Waals surface area (Å²) in [5.41, 5.74) is 12.2. The number of hydrogen-bond acceptors (Lipinski definition) is 3. The Morgan fingerprint density at radius 1 is 1.67 bits per heavy atom. The first kappa shape index (κ1) is 9.16. The van der Waals surface area contributed by atoms with Crippen molar-refractivity contribution in [3.63, 3.8) is 0 Å². The van der Waals surface area contributed by atoms with Crippen LogP contribution >= 0.6 is 0 Å². The summed E-state index contributed by atoms with van der Waals surface area (Å²) in [5, 5.41) is 0. The molecule has 1 N–H and O–H groups in total. The molecule has 0 unspecified atom stereocenters. The van der Waals surface area contributed by atoms with Crippen molar-refractivity contribution < 1.29 is 25.7 Å². The zero-order valence-electron chi connectivity index (χ0n) is 2.71. The predicted octanol–water partition coefficient (Wildman–Crippen LogP) is 0.635. The fraction of sp³-hybridized carbons (Fsp3) is 0. The first-order chi connectivity index (χ1) is 2.83. The molecule has 0 aromatic heterocycles. The fourth-order valence-corrected chi connectivity index (χ4v) is 0. The van der Waals surface area contributed by atoms with Crippen LogP contribution in [0, 0.1) is 5.53 Å². The van der Waals surface area contributed by atoms with Crippen molar-refractivity contribution >= 4 is 0 Å². The molecule has 0 aliphatic heterocycles. The van der Waals surface area contributed by atoms with Gasteiger partial charge in [-0.25, -0.2) is 0 Å². The van der Waals surface area contributed by atoms with E-state index < -0.39 is 19.1 Å². The summed E-state index contributed by atoms with van der Waals surface area (Å²) in [6, 6.07) is 0. The van der Waals surface area contributed by atoms with Gasteiger partial charge in [0.25, 0.3) is 0 Å². The van der Waals surface area contributed by atoms with E-state index in [4.69, 9.17) is 17.7 Å². The summed E-state index contributed by atoms with van der Waals surface area (Å²) in [5.74, 6) is 0. The van der Waals surface area contributed by atoms with E-state index in [-0.39, 0.29) is 0 Å². The van der Waals surface area contributed by atoms with Gasteiger partial charge in [-0.3, -0.25) is 0 Å². The third-order valence-electron chi connectivity index (χ3n) is 0.